The van der Waals surface area contributed by atoms with E-state index < -0.39 is 31.5 Å². The third-order valence-corrected chi connectivity index (χ3v) is 16.0. The van der Waals surface area contributed by atoms with E-state index in [0.717, 1.165) is 81.3 Å². The van der Waals surface area contributed by atoms with Crippen LogP contribution in [0.5, 0.6) is 23.0 Å². The molecule has 0 saturated carbocycles. The average Bonchev–Trinajstić information content (AvgIpc) is 3.44. The number of hydrogen-bond acceptors (Lipinski definition) is 16. The Morgan fingerprint density at radius 3 is 1.34 bits per heavy atom. The maximum absolute atomic E-state index is 12.9. The summed E-state index contributed by atoms with van der Waals surface area (Å²) >= 11 is 14.1. The molecule has 2 saturated heterocycles. The number of carbonyl (C=O) groups is 2. The van der Waals surface area contributed by atoms with Crippen LogP contribution in [0.2, 0.25) is 10.0 Å². The van der Waals surface area contributed by atoms with Crippen LogP contribution in [-0.2, 0) is 78.0 Å². The molecule has 0 aliphatic carbocycles. The predicted molar refractivity (Wildman–Crippen MR) is 314 cm³/mol. The summed E-state index contributed by atoms with van der Waals surface area (Å²) in [6.07, 6.45) is 17.9. The van der Waals surface area contributed by atoms with Gasteiger partial charge in [-0.25, -0.2) is 8.42 Å². The number of piperidine rings is 2. The van der Waals surface area contributed by atoms with Gasteiger partial charge in [-0.05, 0) is 110 Å². The van der Waals surface area contributed by atoms with Crippen molar-refractivity contribution >= 4 is 66.0 Å². The Labute approximate surface area is 480 Å². The molecule has 8 rings (SSSR count). The fraction of sp³-hybridized carbons (Fsp3) is 0.400. The zero-order chi connectivity index (χ0) is 57.1. The fourth-order valence-corrected chi connectivity index (χ4v) is 11.8. The summed E-state index contributed by atoms with van der Waals surface area (Å²) in [6.45, 7) is 7.02. The Bertz CT molecular complexity index is 3250. The number of methoxy groups -OCH3 is 2. The second-order valence-electron chi connectivity index (χ2n) is 20.8. The van der Waals surface area contributed by atoms with Crippen LogP contribution in [0, 0.1) is 13.8 Å². The van der Waals surface area contributed by atoms with Crippen molar-refractivity contribution in [3.05, 3.63) is 152 Å². The summed E-state index contributed by atoms with van der Waals surface area (Å²) in [5.41, 5.74) is 9.99. The number of likely N-dealkylation sites (tertiary alicyclic amines) is 2. The summed E-state index contributed by atoms with van der Waals surface area (Å²) in [4.78, 5) is 38.6. The van der Waals surface area contributed by atoms with Crippen molar-refractivity contribution in [3.8, 4) is 34.1 Å². The number of nitrogens with zero attached hydrogens (tertiary/aromatic N) is 6. The van der Waals surface area contributed by atoms with Gasteiger partial charge in [0.1, 0.15) is 61.5 Å². The van der Waals surface area contributed by atoms with Crippen LogP contribution in [0.25, 0.3) is 11.1 Å². The van der Waals surface area contributed by atoms with Crippen LogP contribution >= 0.6 is 23.2 Å². The molecule has 2 aromatic heterocycles. The van der Waals surface area contributed by atoms with E-state index in [1.54, 1.807) is 74.1 Å². The Hall–Kier alpha value is -6.28. The molecule has 0 spiro atoms. The van der Waals surface area contributed by atoms with E-state index >= 15 is 0 Å². The number of hydrogen-bond donors (Lipinski definition) is 0. The summed E-state index contributed by atoms with van der Waals surface area (Å²) in [5, 5.41) is 0.783. The summed E-state index contributed by atoms with van der Waals surface area (Å²) in [7, 11) is -1.99. The fourth-order valence-electron chi connectivity index (χ4n) is 10.1. The third-order valence-electron chi connectivity index (χ3n) is 14.1. The molecule has 2 atom stereocenters. The quantitative estimate of drug-likeness (QED) is 0.0621. The molecule has 20 heteroatoms. The number of ether oxygens (including phenoxy) is 6. The molecule has 0 bridgehead atoms. The molecule has 4 heterocycles. The molecule has 80 heavy (non-hydrogen) atoms. The van der Waals surface area contributed by atoms with E-state index in [9.17, 15) is 18.0 Å². The van der Waals surface area contributed by atoms with Crippen molar-refractivity contribution in [3.63, 3.8) is 0 Å². The number of rotatable bonds is 21. The number of pyridine rings is 2. The van der Waals surface area contributed by atoms with E-state index in [-0.39, 0.29) is 38.4 Å². The Morgan fingerprint density at radius 1 is 0.550 bits per heavy atom. The van der Waals surface area contributed by atoms with Gasteiger partial charge >= 0.3 is 11.9 Å². The predicted octanol–water partition coefficient (Wildman–Crippen LogP) is 12.2. The molecule has 2 fully saturated rings. The largest absolute Gasteiger partial charge is 0.488 e. The molecule has 0 N–H and O–H groups in total. The zero-order valence-electron chi connectivity index (χ0n) is 46.6. The molecule has 426 valence electrons. The molecule has 4 aromatic carbocycles. The zero-order valence-corrected chi connectivity index (χ0v) is 49.8. The molecule has 16 nitrogen and oxygen atoms in total. The van der Waals surface area contributed by atoms with Crippen LogP contribution in [-0.4, -0.2) is 105 Å². The highest BCUT2D eigenvalue weighted by Crippen LogP contribution is 2.39. The topological polar surface area (TPSA) is 181 Å². The van der Waals surface area contributed by atoms with Crippen LogP contribution < -0.4 is 18.9 Å². The molecule has 0 unspecified atom stereocenters. The molecule has 6 aromatic rings. The lowest BCUT2D eigenvalue weighted by atomic mass is 9.92. The van der Waals surface area contributed by atoms with Gasteiger partial charge in [-0.2, -0.15) is 8.73 Å². The second kappa shape index (κ2) is 27.0. The van der Waals surface area contributed by atoms with Gasteiger partial charge in [-0.1, -0.05) is 72.4 Å². The normalized spacial score (nSPS) is 16.1. The van der Waals surface area contributed by atoms with Crippen molar-refractivity contribution in [2.75, 3.05) is 52.3 Å². The molecule has 2 aliphatic rings. The van der Waals surface area contributed by atoms with Crippen LogP contribution in [0.3, 0.4) is 0 Å². The van der Waals surface area contributed by atoms with Crippen molar-refractivity contribution < 1.29 is 46.4 Å². The van der Waals surface area contributed by atoms with Gasteiger partial charge in [0.25, 0.3) is 0 Å². The summed E-state index contributed by atoms with van der Waals surface area (Å²) < 4.78 is 70.0. The lowest BCUT2D eigenvalue weighted by molar-refractivity contribution is -0.149. The number of carbonyl (C=O) groups excluding carboxylic acids is 2. The Kier molecular flexibility index (Phi) is 20.2. The SMILES string of the molecule is COC(=O)[C@@H]1CCCCN1Cc1cc(Cl)c(OCc2cccc(-c3cccc(COc4cc(OCc5cncc(N=S(C)(C)=O)c5)c(CN5CCCC[C@H]5C(=O)OC)cc4Cl)c3C)c2C)cc1OCc1cncc(N=S(C)(C)=O)c1. The van der Waals surface area contributed by atoms with Gasteiger partial charge < -0.3 is 28.4 Å². The highest BCUT2D eigenvalue weighted by molar-refractivity contribution is 7.92. The molecule has 0 amide bonds. The highest BCUT2D eigenvalue weighted by Gasteiger charge is 2.32. The van der Waals surface area contributed by atoms with Gasteiger partial charge in [0, 0.05) is 104 Å². The van der Waals surface area contributed by atoms with E-state index in [4.69, 9.17) is 51.6 Å². The summed E-state index contributed by atoms with van der Waals surface area (Å²) in [6, 6.07) is 22.3. The van der Waals surface area contributed by atoms with E-state index in [1.807, 2.05) is 36.4 Å². The van der Waals surface area contributed by atoms with Crippen LogP contribution in [0.4, 0.5) is 11.4 Å². The molecular formula is C60H70Cl2N6O10S2. The van der Waals surface area contributed by atoms with Crippen molar-refractivity contribution in [1.82, 2.24) is 19.8 Å². The number of esters is 2. The van der Waals surface area contributed by atoms with Crippen molar-refractivity contribution in [1.29, 1.82) is 0 Å². The number of halogens is 2. The van der Waals surface area contributed by atoms with E-state index in [2.05, 4.69) is 54.5 Å². The lowest BCUT2D eigenvalue weighted by Gasteiger charge is -2.34. The van der Waals surface area contributed by atoms with E-state index in [0.29, 0.717) is 83.4 Å². The monoisotopic (exact) mass is 1170 g/mol. The van der Waals surface area contributed by atoms with Crippen LogP contribution in [0.15, 0.2) is 106 Å². The second-order valence-corrected chi connectivity index (χ2v) is 26.7. The van der Waals surface area contributed by atoms with Gasteiger partial charge in [0.05, 0.1) is 48.0 Å². The smallest absolute Gasteiger partial charge is 0.323 e. The highest BCUT2D eigenvalue weighted by atomic mass is 35.5. The standard InChI is InChI=1S/C60H70Cl2N6O10S2/c1-39-43(37-77-57-27-55(75-35-41-23-47(31-63-29-41)65-79(5,6)71)45(25-51(57)61)33-67-21-11-9-19-53(67)59(69)73-3)15-13-17-49(39)50-18-14-16-44(40(50)2)38-78-58-28-56(76-36-42-24-48(32-64-30-42)66-80(7,8)72)46(26-52(58)62)34-68-22-12-10-20-54(68)60(70)74-4/h13-18,23-32,53-54H,9-12,19-22,33-38H2,1-8H3/t53-,54-/m0/s1. The minimum absolute atomic E-state index is 0.133. The van der Waals surface area contributed by atoms with Gasteiger partial charge in [0.2, 0.25) is 0 Å². The minimum Gasteiger partial charge on any atom is -0.488 e. The number of aromatic nitrogens is 2. The maximum atomic E-state index is 12.9. The third kappa shape index (κ3) is 16.0. The first-order valence-electron chi connectivity index (χ1n) is 26.4. The summed E-state index contributed by atoms with van der Waals surface area (Å²) in [5.74, 6) is 1.36. The first-order chi connectivity index (χ1) is 38.2. The maximum Gasteiger partial charge on any atom is 0.323 e. The van der Waals surface area contributed by atoms with Crippen molar-refractivity contribution in [2.24, 2.45) is 8.73 Å². The van der Waals surface area contributed by atoms with E-state index in [1.165, 1.54) is 14.2 Å². The van der Waals surface area contributed by atoms with Crippen LogP contribution in [0.1, 0.15) is 83.0 Å². The van der Waals surface area contributed by atoms with Gasteiger partial charge in [0.15, 0.2) is 0 Å². The Balaban J connectivity index is 1.02. The minimum atomic E-state index is -2.41. The first-order valence-corrected chi connectivity index (χ1v) is 31.9. The average molecular weight is 1170 g/mol. The molecular weight excluding hydrogens is 1100 g/mol. The molecule has 0 radical (unpaired) electrons. The van der Waals surface area contributed by atoms with Gasteiger partial charge in [-0.15, -0.1) is 0 Å². The lowest BCUT2D eigenvalue weighted by Crippen LogP contribution is -2.44. The number of benzene rings is 4. The molecule has 2 aliphatic heterocycles. The Morgan fingerprint density at radius 2 is 0.950 bits per heavy atom. The van der Waals surface area contributed by atoms with Gasteiger partial charge in [-0.3, -0.25) is 29.4 Å². The first kappa shape index (κ1) is 59.8. The van der Waals surface area contributed by atoms with Crippen molar-refractivity contribution in [2.45, 2.75) is 104 Å².